The van der Waals surface area contributed by atoms with Gasteiger partial charge in [0, 0.05) is 18.3 Å². The molecule has 0 radical (unpaired) electrons. The number of aryl methyl sites for hydroxylation is 2. The molecule has 1 aromatic carbocycles. The molecule has 0 spiro atoms. The molecule has 1 aromatic heterocycles. The van der Waals surface area contributed by atoms with Crippen LogP contribution in [0.3, 0.4) is 0 Å². The molecule has 0 saturated heterocycles. The Hall–Kier alpha value is -1.24. The van der Waals surface area contributed by atoms with E-state index < -0.39 is 10.0 Å². The van der Waals surface area contributed by atoms with Gasteiger partial charge >= 0.3 is 0 Å². The summed E-state index contributed by atoms with van der Waals surface area (Å²) in [6.45, 7) is 4.34. The van der Waals surface area contributed by atoms with E-state index in [0.717, 1.165) is 22.7 Å². The molecule has 0 amide bonds. The number of hydrogen-bond acceptors (Lipinski definition) is 4. The molecule has 0 aliphatic heterocycles. The van der Waals surface area contributed by atoms with E-state index in [1.165, 1.54) is 0 Å². The second-order valence-electron chi connectivity index (χ2n) is 4.50. The van der Waals surface area contributed by atoms with Crippen molar-refractivity contribution in [2.45, 2.75) is 31.6 Å². The predicted octanol–water partition coefficient (Wildman–Crippen LogP) is 2.53. The van der Waals surface area contributed by atoms with E-state index in [0.29, 0.717) is 17.9 Å². The van der Waals surface area contributed by atoms with Gasteiger partial charge in [-0.2, -0.15) is 0 Å². The highest BCUT2D eigenvalue weighted by Gasteiger charge is 2.13. The number of thiazole rings is 1. The zero-order chi connectivity index (χ0) is 14.6. The Balaban J connectivity index is 1.96. The molecule has 20 heavy (non-hydrogen) atoms. The minimum atomic E-state index is -3.42. The van der Waals surface area contributed by atoms with Gasteiger partial charge in [-0.1, -0.05) is 19.1 Å². The zero-order valence-corrected chi connectivity index (χ0v) is 13.2. The van der Waals surface area contributed by atoms with Gasteiger partial charge in [0.1, 0.15) is 0 Å². The number of rotatable bonds is 6. The Morgan fingerprint density at radius 1 is 1.25 bits per heavy atom. The standard InChI is InChI=1S/C14H18N2O2S2/c1-3-12-4-6-14(7-5-12)20(17,18)15-9-8-13-10-19-11(2)16-13/h4-7,10,15H,3,8-9H2,1-2H3. The predicted molar refractivity (Wildman–Crippen MR) is 81.6 cm³/mol. The summed E-state index contributed by atoms with van der Waals surface area (Å²) in [7, 11) is -3.42. The molecule has 0 fully saturated rings. The van der Waals surface area contributed by atoms with E-state index in [2.05, 4.69) is 9.71 Å². The molecule has 6 heteroatoms. The van der Waals surface area contributed by atoms with E-state index in [-0.39, 0.29) is 0 Å². The molecule has 1 heterocycles. The fourth-order valence-electron chi connectivity index (χ4n) is 1.82. The number of nitrogens with one attached hydrogen (secondary N) is 1. The van der Waals surface area contributed by atoms with Crippen LogP contribution in [-0.4, -0.2) is 19.9 Å². The summed E-state index contributed by atoms with van der Waals surface area (Å²) in [6.07, 6.45) is 1.51. The average molecular weight is 310 g/mol. The van der Waals surface area contributed by atoms with Gasteiger partial charge in [-0.15, -0.1) is 11.3 Å². The molecule has 0 aliphatic carbocycles. The van der Waals surface area contributed by atoms with E-state index >= 15 is 0 Å². The molecule has 2 rings (SSSR count). The summed E-state index contributed by atoms with van der Waals surface area (Å²) in [6, 6.07) is 6.99. The lowest BCUT2D eigenvalue weighted by Gasteiger charge is -2.06. The minimum Gasteiger partial charge on any atom is -0.247 e. The molecule has 1 N–H and O–H groups in total. The van der Waals surface area contributed by atoms with Crippen LogP contribution >= 0.6 is 11.3 Å². The lowest BCUT2D eigenvalue weighted by atomic mass is 10.2. The van der Waals surface area contributed by atoms with Crippen LogP contribution in [0.25, 0.3) is 0 Å². The summed E-state index contributed by atoms with van der Waals surface area (Å²) < 4.78 is 26.8. The summed E-state index contributed by atoms with van der Waals surface area (Å²) in [4.78, 5) is 4.62. The third-order valence-electron chi connectivity index (χ3n) is 2.98. The van der Waals surface area contributed by atoms with Crippen molar-refractivity contribution >= 4 is 21.4 Å². The third kappa shape index (κ3) is 3.88. The van der Waals surface area contributed by atoms with Gasteiger partial charge in [-0.3, -0.25) is 0 Å². The smallest absolute Gasteiger partial charge is 0.240 e. The highest BCUT2D eigenvalue weighted by atomic mass is 32.2. The Morgan fingerprint density at radius 3 is 2.50 bits per heavy atom. The van der Waals surface area contributed by atoms with E-state index in [9.17, 15) is 8.42 Å². The Bertz CT molecular complexity index is 661. The second kappa shape index (κ2) is 6.47. The minimum absolute atomic E-state index is 0.309. The number of sulfonamides is 1. The number of aromatic nitrogens is 1. The van der Waals surface area contributed by atoms with Gasteiger partial charge in [0.25, 0.3) is 0 Å². The number of benzene rings is 1. The first-order valence-corrected chi connectivity index (χ1v) is 8.87. The molecule has 0 atom stereocenters. The zero-order valence-electron chi connectivity index (χ0n) is 11.6. The van der Waals surface area contributed by atoms with Crippen molar-refractivity contribution in [3.8, 4) is 0 Å². The van der Waals surface area contributed by atoms with Gasteiger partial charge in [0.05, 0.1) is 15.6 Å². The van der Waals surface area contributed by atoms with Crippen molar-refractivity contribution in [1.29, 1.82) is 0 Å². The maximum atomic E-state index is 12.1. The molecule has 0 unspecified atom stereocenters. The SMILES string of the molecule is CCc1ccc(S(=O)(=O)NCCc2csc(C)n2)cc1. The number of hydrogen-bond donors (Lipinski definition) is 1. The summed E-state index contributed by atoms with van der Waals surface area (Å²) in [5.74, 6) is 0. The molecule has 0 bridgehead atoms. The quantitative estimate of drug-likeness (QED) is 0.892. The third-order valence-corrected chi connectivity index (χ3v) is 5.28. The van der Waals surface area contributed by atoms with E-state index in [1.807, 2.05) is 31.4 Å². The van der Waals surface area contributed by atoms with Gasteiger partial charge in [-0.25, -0.2) is 18.1 Å². The first-order valence-electron chi connectivity index (χ1n) is 6.51. The maximum absolute atomic E-state index is 12.1. The second-order valence-corrected chi connectivity index (χ2v) is 7.33. The summed E-state index contributed by atoms with van der Waals surface area (Å²) in [5, 5.41) is 2.96. The normalized spacial score (nSPS) is 11.7. The maximum Gasteiger partial charge on any atom is 0.240 e. The van der Waals surface area contributed by atoms with Crippen molar-refractivity contribution in [3.63, 3.8) is 0 Å². The van der Waals surface area contributed by atoms with E-state index in [1.54, 1.807) is 23.5 Å². The van der Waals surface area contributed by atoms with Crippen molar-refractivity contribution in [2.75, 3.05) is 6.54 Å². The first kappa shape index (κ1) is 15.2. The molecule has 4 nitrogen and oxygen atoms in total. The fraction of sp³-hybridized carbons (Fsp3) is 0.357. The Labute approximate surface area is 123 Å². The largest absolute Gasteiger partial charge is 0.247 e. The monoisotopic (exact) mass is 310 g/mol. The average Bonchev–Trinajstić information content (AvgIpc) is 2.84. The molecular formula is C14H18N2O2S2. The summed E-state index contributed by atoms with van der Waals surface area (Å²) in [5.41, 5.74) is 2.05. The fourth-order valence-corrected chi connectivity index (χ4v) is 3.50. The van der Waals surface area contributed by atoms with E-state index in [4.69, 9.17) is 0 Å². The van der Waals surface area contributed by atoms with Crippen molar-refractivity contribution < 1.29 is 8.42 Å². The lowest BCUT2D eigenvalue weighted by molar-refractivity contribution is 0.581. The highest BCUT2D eigenvalue weighted by molar-refractivity contribution is 7.89. The van der Waals surface area contributed by atoms with Crippen molar-refractivity contribution in [3.05, 3.63) is 45.9 Å². The molecule has 0 saturated carbocycles. The van der Waals surface area contributed by atoms with Crippen LogP contribution in [0.2, 0.25) is 0 Å². The van der Waals surface area contributed by atoms with Gasteiger partial charge < -0.3 is 0 Å². The van der Waals surface area contributed by atoms with Gasteiger partial charge in [0.15, 0.2) is 0 Å². The highest BCUT2D eigenvalue weighted by Crippen LogP contribution is 2.12. The summed E-state index contributed by atoms with van der Waals surface area (Å²) >= 11 is 1.57. The van der Waals surface area contributed by atoms with Crippen LogP contribution in [-0.2, 0) is 22.9 Å². The van der Waals surface area contributed by atoms with Crippen LogP contribution in [0.5, 0.6) is 0 Å². The van der Waals surface area contributed by atoms with Gasteiger partial charge in [-0.05, 0) is 31.0 Å². The van der Waals surface area contributed by atoms with Crippen LogP contribution < -0.4 is 4.72 Å². The van der Waals surface area contributed by atoms with Crippen LogP contribution in [0.1, 0.15) is 23.2 Å². The van der Waals surface area contributed by atoms with Crippen molar-refractivity contribution in [1.82, 2.24) is 9.71 Å². The first-order chi connectivity index (χ1) is 9.51. The van der Waals surface area contributed by atoms with Crippen LogP contribution in [0, 0.1) is 6.92 Å². The van der Waals surface area contributed by atoms with Gasteiger partial charge in [0.2, 0.25) is 10.0 Å². The van der Waals surface area contributed by atoms with Crippen molar-refractivity contribution in [2.24, 2.45) is 0 Å². The molecular weight excluding hydrogens is 292 g/mol. The number of nitrogens with zero attached hydrogens (tertiary/aromatic N) is 1. The molecule has 0 aliphatic rings. The molecule has 2 aromatic rings. The lowest BCUT2D eigenvalue weighted by Crippen LogP contribution is -2.26. The topological polar surface area (TPSA) is 59.1 Å². The Morgan fingerprint density at radius 2 is 1.95 bits per heavy atom. The van der Waals surface area contributed by atoms with Crippen LogP contribution in [0.4, 0.5) is 0 Å². The van der Waals surface area contributed by atoms with Crippen LogP contribution in [0.15, 0.2) is 34.5 Å². The Kier molecular flexibility index (Phi) is 4.91. The molecule has 108 valence electrons.